The van der Waals surface area contributed by atoms with Crippen LogP contribution in [-0.4, -0.2) is 32.1 Å². The lowest BCUT2D eigenvalue weighted by Crippen LogP contribution is -2.27. The molecule has 0 aliphatic rings. The molecule has 0 spiro atoms. The topological polar surface area (TPSA) is 103 Å². The second kappa shape index (κ2) is 8.70. The van der Waals surface area contributed by atoms with Gasteiger partial charge in [0.15, 0.2) is 0 Å². The van der Waals surface area contributed by atoms with E-state index in [9.17, 15) is 9.59 Å². The minimum absolute atomic E-state index is 0.0415. The summed E-state index contributed by atoms with van der Waals surface area (Å²) < 4.78 is 6.78. The zero-order chi connectivity index (χ0) is 18.2. The van der Waals surface area contributed by atoms with Crippen molar-refractivity contribution >= 4 is 5.91 Å². The summed E-state index contributed by atoms with van der Waals surface area (Å²) in [6.07, 6.45) is 6.37. The number of aryl methyl sites for hydroxylation is 2. The lowest BCUT2D eigenvalue weighted by Gasteiger charge is -2.06. The minimum atomic E-state index is -0.0888. The van der Waals surface area contributed by atoms with Crippen molar-refractivity contribution in [1.82, 2.24) is 25.0 Å². The number of aromatic nitrogens is 4. The zero-order valence-electron chi connectivity index (χ0n) is 14.2. The van der Waals surface area contributed by atoms with Crippen LogP contribution in [-0.2, 0) is 17.8 Å². The van der Waals surface area contributed by atoms with Crippen molar-refractivity contribution in [3.63, 3.8) is 0 Å². The third kappa shape index (κ3) is 4.85. The molecule has 3 heterocycles. The van der Waals surface area contributed by atoms with Crippen LogP contribution in [0.25, 0.3) is 11.4 Å². The second-order valence-corrected chi connectivity index (χ2v) is 5.68. The Bertz CT molecular complexity index is 904. The first-order chi connectivity index (χ1) is 12.7. The van der Waals surface area contributed by atoms with E-state index < -0.39 is 0 Å². The maximum Gasteiger partial charge on any atom is 0.250 e. The van der Waals surface area contributed by atoms with Crippen LogP contribution in [0.15, 0.2) is 58.2 Å². The number of hydrogen-bond donors (Lipinski definition) is 1. The van der Waals surface area contributed by atoms with Gasteiger partial charge in [-0.2, -0.15) is 4.98 Å². The van der Waals surface area contributed by atoms with Gasteiger partial charge in [0.2, 0.25) is 23.2 Å². The van der Waals surface area contributed by atoms with Gasteiger partial charge >= 0.3 is 0 Å². The number of nitrogens with one attached hydrogen (secondary N) is 1. The van der Waals surface area contributed by atoms with Gasteiger partial charge in [0.05, 0.1) is 0 Å². The smallest absolute Gasteiger partial charge is 0.250 e. The highest BCUT2D eigenvalue weighted by atomic mass is 16.5. The van der Waals surface area contributed by atoms with Gasteiger partial charge in [-0.1, -0.05) is 11.2 Å². The van der Waals surface area contributed by atoms with E-state index in [1.165, 1.54) is 6.07 Å². The number of carbonyl (C=O) groups excluding carboxylic acids is 1. The molecule has 0 saturated carbocycles. The van der Waals surface area contributed by atoms with E-state index in [0.29, 0.717) is 37.6 Å². The first-order valence-electron chi connectivity index (χ1n) is 8.37. The maximum absolute atomic E-state index is 11.9. The normalized spacial score (nSPS) is 10.6. The molecular formula is C18H19N5O3. The highest BCUT2D eigenvalue weighted by Gasteiger charge is 2.10. The van der Waals surface area contributed by atoms with Crippen molar-refractivity contribution < 1.29 is 9.32 Å². The number of hydrogen-bond acceptors (Lipinski definition) is 6. The monoisotopic (exact) mass is 353 g/mol. The summed E-state index contributed by atoms with van der Waals surface area (Å²) in [6.45, 7) is 1.07. The molecule has 26 heavy (non-hydrogen) atoms. The van der Waals surface area contributed by atoms with Gasteiger partial charge in [-0.15, -0.1) is 0 Å². The SMILES string of the molecule is O=C(CCc1nc(-c2ccncc2)no1)NCCCn1ccccc1=O. The molecule has 0 radical (unpaired) electrons. The fourth-order valence-corrected chi connectivity index (χ4v) is 2.41. The number of amides is 1. The van der Waals surface area contributed by atoms with Crippen LogP contribution in [0.4, 0.5) is 0 Å². The van der Waals surface area contributed by atoms with Crippen molar-refractivity contribution in [3.8, 4) is 11.4 Å². The average Bonchev–Trinajstić information content (AvgIpc) is 3.15. The van der Waals surface area contributed by atoms with Crippen molar-refractivity contribution in [2.75, 3.05) is 6.54 Å². The largest absolute Gasteiger partial charge is 0.356 e. The quantitative estimate of drug-likeness (QED) is 0.615. The van der Waals surface area contributed by atoms with E-state index in [2.05, 4.69) is 20.4 Å². The van der Waals surface area contributed by atoms with Crippen molar-refractivity contribution in [2.24, 2.45) is 0 Å². The van der Waals surface area contributed by atoms with Crippen molar-refractivity contribution in [2.45, 2.75) is 25.8 Å². The summed E-state index contributed by atoms with van der Waals surface area (Å²) in [6, 6.07) is 8.62. The van der Waals surface area contributed by atoms with Gasteiger partial charge in [0, 0.05) is 56.2 Å². The highest BCUT2D eigenvalue weighted by Crippen LogP contribution is 2.14. The molecule has 3 aromatic rings. The van der Waals surface area contributed by atoms with E-state index in [1.54, 1.807) is 41.4 Å². The molecule has 0 bridgehead atoms. The Kier molecular flexibility index (Phi) is 5.87. The van der Waals surface area contributed by atoms with Crippen LogP contribution in [0.1, 0.15) is 18.7 Å². The Balaban J connectivity index is 1.39. The molecule has 8 nitrogen and oxygen atoms in total. The summed E-state index contributed by atoms with van der Waals surface area (Å²) in [5.74, 6) is 0.813. The van der Waals surface area contributed by atoms with Crippen LogP contribution in [0.5, 0.6) is 0 Å². The first kappa shape index (κ1) is 17.5. The Morgan fingerprint density at radius 1 is 1.19 bits per heavy atom. The predicted molar refractivity (Wildman–Crippen MR) is 94.2 cm³/mol. The van der Waals surface area contributed by atoms with Crippen LogP contribution >= 0.6 is 0 Å². The minimum Gasteiger partial charge on any atom is -0.356 e. The van der Waals surface area contributed by atoms with E-state index in [1.807, 2.05) is 6.07 Å². The van der Waals surface area contributed by atoms with E-state index in [4.69, 9.17) is 4.52 Å². The summed E-state index contributed by atoms with van der Waals surface area (Å²) in [5.41, 5.74) is 0.774. The highest BCUT2D eigenvalue weighted by molar-refractivity contribution is 5.75. The predicted octanol–water partition coefficient (Wildman–Crippen LogP) is 1.43. The van der Waals surface area contributed by atoms with Crippen LogP contribution < -0.4 is 10.9 Å². The van der Waals surface area contributed by atoms with E-state index >= 15 is 0 Å². The Hall–Kier alpha value is -3.29. The van der Waals surface area contributed by atoms with Gasteiger partial charge in [-0.25, -0.2) is 0 Å². The van der Waals surface area contributed by atoms with Gasteiger partial charge < -0.3 is 14.4 Å². The fourth-order valence-electron chi connectivity index (χ4n) is 2.41. The number of pyridine rings is 2. The Morgan fingerprint density at radius 2 is 2.04 bits per heavy atom. The first-order valence-corrected chi connectivity index (χ1v) is 8.37. The molecule has 8 heteroatoms. The Morgan fingerprint density at radius 3 is 2.85 bits per heavy atom. The molecule has 3 rings (SSSR count). The number of rotatable bonds is 8. The summed E-state index contributed by atoms with van der Waals surface area (Å²) in [7, 11) is 0. The molecule has 3 aromatic heterocycles. The van der Waals surface area contributed by atoms with Crippen molar-refractivity contribution in [3.05, 3.63) is 65.2 Å². The Labute approximate surface area is 149 Å². The molecule has 1 amide bonds. The molecule has 0 aliphatic carbocycles. The van der Waals surface area contributed by atoms with Gasteiger partial charge in [0.1, 0.15) is 0 Å². The summed E-state index contributed by atoms with van der Waals surface area (Å²) in [5, 5.41) is 6.73. The lowest BCUT2D eigenvalue weighted by atomic mass is 10.2. The molecule has 1 N–H and O–H groups in total. The maximum atomic E-state index is 11.9. The van der Waals surface area contributed by atoms with Crippen LogP contribution in [0.3, 0.4) is 0 Å². The summed E-state index contributed by atoms with van der Waals surface area (Å²) >= 11 is 0. The average molecular weight is 353 g/mol. The molecule has 0 atom stereocenters. The van der Waals surface area contributed by atoms with Gasteiger partial charge in [-0.05, 0) is 24.6 Å². The molecule has 0 saturated heterocycles. The van der Waals surface area contributed by atoms with E-state index in [0.717, 1.165) is 5.56 Å². The van der Waals surface area contributed by atoms with Crippen LogP contribution in [0.2, 0.25) is 0 Å². The number of nitrogens with zero attached hydrogens (tertiary/aromatic N) is 4. The standard InChI is InChI=1S/C18H19N5O3/c24-15(20-9-3-13-23-12-2-1-4-17(23)25)5-6-16-21-18(22-26-16)14-7-10-19-11-8-14/h1-2,4,7-8,10-12H,3,5-6,9,13H2,(H,20,24). The lowest BCUT2D eigenvalue weighted by molar-refractivity contribution is -0.121. The third-order valence-corrected chi connectivity index (χ3v) is 3.77. The second-order valence-electron chi connectivity index (χ2n) is 5.68. The van der Waals surface area contributed by atoms with Gasteiger partial charge in [0.25, 0.3) is 0 Å². The van der Waals surface area contributed by atoms with Crippen LogP contribution in [0, 0.1) is 0 Å². The zero-order valence-corrected chi connectivity index (χ0v) is 14.2. The molecule has 0 aliphatic heterocycles. The molecule has 134 valence electrons. The molecule has 0 aromatic carbocycles. The molecule has 0 unspecified atom stereocenters. The van der Waals surface area contributed by atoms with Gasteiger partial charge in [-0.3, -0.25) is 14.6 Å². The third-order valence-electron chi connectivity index (χ3n) is 3.77. The summed E-state index contributed by atoms with van der Waals surface area (Å²) in [4.78, 5) is 31.7. The van der Waals surface area contributed by atoms with Crippen molar-refractivity contribution in [1.29, 1.82) is 0 Å². The van der Waals surface area contributed by atoms with E-state index in [-0.39, 0.29) is 17.9 Å². The molecule has 0 fully saturated rings. The molecular weight excluding hydrogens is 334 g/mol. The number of carbonyl (C=O) groups is 1. The fraction of sp³-hybridized carbons (Fsp3) is 0.278.